The molecule has 0 saturated carbocycles. The average Bonchev–Trinajstić information content (AvgIpc) is 2.88. The van der Waals surface area contributed by atoms with Crippen molar-refractivity contribution in [3.8, 4) is 5.75 Å². The standard InChI is InChI=1S/C18H14BrNO3/c1-12-17(18(21)23-20-12)10-13-4-8-16(9-5-13)22-11-14-2-6-15(19)7-3-14/h2-10H,11H2,1H3/b17-10+. The van der Waals surface area contributed by atoms with Crippen LogP contribution in [0.4, 0.5) is 0 Å². The van der Waals surface area contributed by atoms with Crippen LogP contribution < -0.4 is 4.74 Å². The maximum Gasteiger partial charge on any atom is 0.367 e. The average molecular weight is 372 g/mol. The summed E-state index contributed by atoms with van der Waals surface area (Å²) in [6, 6.07) is 15.5. The summed E-state index contributed by atoms with van der Waals surface area (Å²) in [6.07, 6.45) is 1.76. The molecule has 0 amide bonds. The van der Waals surface area contributed by atoms with E-state index in [4.69, 9.17) is 4.74 Å². The highest BCUT2D eigenvalue weighted by Crippen LogP contribution is 2.19. The molecule has 0 aromatic heterocycles. The van der Waals surface area contributed by atoms with Gasteiger partial charge in [0.25, 0.3) is 0 Å². The van der Waals surface area contributed by atoms with Gasteiger partial charge in [-0.2, -0.15) is 0 Å². The first kappa shape index (κ1) is 15.5. The zero-order valence-electron chi connectivity index (χ0n) is 12.5. The minimum Gasteiger partial charge on any atom is -0.489 e. The zero-order valence-corrected chi connectivity index (χ0v) is 14.0. The van der Waals surface area contributed by atoms with Crippen LogP contribution in [0.15, 0.2) is 63.7 Å². The van der Waals surface area contributed by atoms with Gasteiger partial charge in [-0.15, -0.1) is 0 Å². The van der Waals surface area contributed by atoms with Crippen LogP contribution in [0.3, 0.4) is 0 Å². The monoisotopic (exact) mass is 371 g/mol. The Morgan fingerprint density at radius 1 is 1.13 bits per heavy atom. The number of carbonyl (C=O) groups is 1. The third-order valence-electron chi connectivity index (χ3n) is 3.39. The highest BCUT2D eigenvalue weighted by Gasteiger charge is 2.21. The summed E-state index contributed by atoms with van der Waals surface area (Å²) < 4.78 is 6.79. The van der Waals surface area contributed by atoms with Gasteiger partial charge in [0, 0.05) is 4.47 Å². The lowest BCUT2D eigenvalue weighted by Crippen LogP contribution is -2.01. The summed E-state index contributed by atoms with van der Waals surface area (Å²) in [4.78, 5) is 16.1. The van der Waals surface area contributed by atoms with Gasteiger partial charge in [0.05, 0.1) is 11.3 Å². The topological polar surface area (TPSA) is 47.9 Å². The number of oxime groups is 1. The molecule has 0 radical (unpaired) electrons. The molecule has 1 heterocycles. The van der Waals surface area contributed by atoms with Crippen LogP contribution in [-0.2, 0) is 16.2 Å². The van der Waals surface area contributed by atoms with Gasteiger partial charge in [-0.25, -0.2) is 4.79 Å². The molecule has 116 valence electrons. The van der Waals surface area contributed by atoms with Gasteiger partial charge >= 0.3 is 5.97 Å². The fraction of sp³-hybridized carbons (Fsp3) is 0.111. The van der Waals surface area contributed by atoms with Crippen LogP contribution in [0.1, 0.15) is 18.1 Å². The Morgan fingerprint density at radius 3 is 2.43 bits per heavy atom. The van der Waals surface area contributed by atoms with Gasteiger partial charge in [0.15, 0.2) is 0 Å². The van der Waals surface area contributed by atoms with Crippen molar-refractivity contribution in [1.29, 1.82) is 0 Å². The van der Waals surface area contributed by atoms with Crippen molar-refractivity contribution >= 4 is 33.7 Å². The van der Waals surface area contributed by atoms with Crippen molar-refractivity contribution in [2.45, 2.75) is 13.5 Å². The van der Waals surface area contributed by atoms with Crippen LogP contribution in [0.2, 0.25) is 0 Å². The summed E-state index contributed by atoms with van der Waals surface area (Å²) in [5, 5.41) is 3.65. The molecule has 0 aliphatic carbocycles. The van der Waals surface area contributed by atoms with Crippen LogP contribution >= 0.6 is 15.9 Å². The Labute approximate surface area is 142 Å². The maximum absolute atomic E-state index is 11.5. The number of benzene rings is 2. The molecule has 0 atom stereocenters. The zero-order chi connectivity index (χ0) is 16.2. The second-order valence-electron chi connectivity index (χ2n) is 5.10. The van der Waals surface area contributed by atoms with E-state index in [0.717, 1.165) is 21.3 Å². The van der Waals surface area contributed by atoms with E-state index < -0.39 is 5.97 Å². The third-order valence-corrected chi connectivity index (χ3v) is 3.91. The molecule has 2 aromatic rings. The molecule has 0 spiro atoms. The van der Waals surface area contributed by atoms with Crippen LogP contribution in [0, 0.1) is 0 Å². The fourth-order valence-corrected chi connectivity index (χ4v) is 2.36. The summed E-state index contributed by atoms with van der Waals surface area (Å²) in [5.41, 5.74) is 3.06. The largest absolute Gasteiger partial charge is 0.489 e. The first-order valence-corrected chi connectivity index (χ1v) is 7.86. The predicted molar refractivity (Wildman–Crippen MR) is 92.1 cm³/mol. The van der Waals surface area contributed by atoms with Crippen LogP contribution in [0.25, 0.3) is 6.08 Å². The van der Waals surface area contributed by atoms with E-state index in [1.807, 2.05) is 48.5 Å². The normalized spacial score (nSPS) is 15.5. The summed E-state index contributed by atoms with van der Waals surface area (Å²) in [7, 11) is 0. The van der Waals surface area contributed by atoms with E-state index in [-0.39, 0.29) is 0 Å². The van der Waals surface area contributed by atoms with Gasteiger partial charge in [-0.05, 0) is 48.4 Å². The third kappa shape index (κ3) is 3.87. The van der Waals surface area contributed by atoms with Gasteiger partial charge < -0.3 is 9.57 Å². The Bertz CT molecular complexity index is 777. The molecule has 5 heteroatoms. The fourth-order valence-electron chi connectivity index (χ4n) is 2.09. The number of halogens is 1. The molecule has 1 aliphatic heterocycles. The molecule has 0 saturated heterocycles. The van der Waals surface area contributed by atoms with Crippen molar-refractivity contribution in [2.24, 2.45) is 5.16 Å². The van der Waals surface area contributed by atoms with E-state index in [1.54, 1.807) is 13.0 Å². The van der Waals surface area contributed by atoms with E-state index in [9.17, 15) is 4.79 Å². The summed E-state index contributed by atoms with van der Waals surface area (Å²) >= 11 is 3.41. The van der Waals surface area contributed by atoms with Gasteiger partial charge in [0.2, 0.25) is 0 Å². The molecular weight excluding hydrogens is 358 g/mol. The van der Waals surface area contributed by atoms with E-state index in [2.05, 4.69) is 25.9 Å². The van der Waals surface area contributed by atoms with Crippen LogP contribution in [0.5, 0.6) is 5.75 Å². The second-order valence-corrected chi connectivity index (χ2v) is 6.01. The van der Waals surface area contributed by atoms with Crippen LogP contribution in [-0.4, -0.2) is 11.7 Å². The number of hydrogen-bond donors (Lipinski definition) is 0. The number of nitrogens with zero attached hydrogens (tertiary/aromatic N) is 1. The number of rotatable bonds is 4. The quantitative estimate of drug-likeness (QED) is 0.593. The molecule has 2 aromatic carbocycles. The SMILES string of the molecule is CC1=NOC(=O)/C1=C/c1ccc(OCc2ccc(Br)cc2)cc1. The lowest BCUT2D eigenvalue weighted by Gasteiger charge is -2.07. The molecule has 0 N–H and O–H groups in total. The molecular formula is C18H14BrNO3. The maximum atomic E-state index is 11.5. The van der Waals surface area contributed by atoms with Crippen molar-refractivity contribution in [3.05, 3.63) is 69.7 Å². The first-order valence-electron chi connectivity index (χ1n) is 7.07. The molecule has 1 aliphatic rings. The highest BCUT2D eigenvalue weighted by atomic mass is 79.9. The second kappa shape index (κ2) is 6.79. The van der Waals surface area contributed by atoms with E-state index >= 15 is 0 Å². The Hall–Kier alpha value is -2.40. The number of carbonyl (C=O) groups excluding carboxylic acids is 1. The number of ether oxygens (including phenoxy) is 1. The van der Waals surface area contributed by atoms with Gasteiger partial charge in [0.1, 0.15) is 12.4 Å². The molecule has 0 bridgehead atoms. The smallest absolute Gasteiger partial charge is 0.367 e. The van der Waals surface area contributed by atoms with E-state index in [0.29, 0.717) is 17.9 Å². The Balaban J connectivity index is 1.65. The first-order chi connectivity index (χ1) is 11.1. The van der Waals surface area contributed by atoms with E-state index in [1.165, 1.54) is 0 Å². The minimum absolute atomic E-state index is 0.418. The van der Waals surface area contributed by atoms with Crippen molar-refractivity contribution < 1.29 is 14.4 Å². The Morgan fingerprint density at radius 2 is 1.83 bits per heavy atom. The van der Waals surface area contributed by atoms with Crippen molar-refractivity contribution in [2.75, 3.05) is 0 Å². The molecule has 23 heavy (non-hydrogen) atoms. The highest BCUT2D eigenvalue weighted by molar-refractivity contribution is 9.10. The minimum atomic E-state index is -0.418. The molecule has 0 unspecified atom stereocenters. The summed E-state index contributed by atoms with van der Waals surface area (Å²) in [5.74, 6) is 0.354. The lowest BCUT2D eigenvalue weighted by molar-refractivity contribution is -0.136. The van der Waals surface area contributed by atoms with Crippen molar-refractivity contribution in [1.82, 2.24) is 0 Å². The predicted octanol–water partition coefficient (Wildman–Crippen LogP) is 4.34. The Kier molecular flexibility index (Phi) is 4.57. The van der Waals surface area contributed by atoms with Gasteiger partial charge in [-0.3, -0.25) is 0 Å². The van der Waals surface area contributed by atoms with Gasteiger partial charge in [-0.1, -0.05) is 45.4 Å². The summed E-state index contributed by atoms with van der Waals surface area (Å²) in [6.45, 7) is 2.25. The van der Waals surface area contributed by atoms with Crippen molar-refractivity contribution in [3.63, 3.8) is 0 Å². The molecule has 0 fully saturated rings. The number of hydrogen-bond acceptors (Lipinski definition) is 4. The lowest BCUT2D eigenvalue weighted by atomic mass is 10.1. The molecule has 3 rings (SSSR count). The molecule has 4 nitrogen and oxygen atoms in total.